The largest absolute Gasteiger partial charge is 0.497 e. The summed E-state index contributed by atoms with van der Waals surface area (Å²) in [4.78, 5) is 0. The fourth-order valence-corrected chi connectivity index (χ4v) is 1.79. The highest BCUT2D eigenvalue weighted by atomic mass is 16.5. The number of fused-ring (bicyclic) bond motifs is 1. The molecule has 1 aliphatic rings. The number of rotatable bonds is 2. The highest BCUT2D eigenvalue weighted by Gasteiger charge is 2.19. The van der Waals surface area contributed by atoms with Gasteiger partial charge in [-0.15, -0.1) is 0 Å². The maximum atomic E-state index is 5.48. The summed E-state index contributed by atoms with van der Waals surface area (Å²) < 4.78 is 10.7. The minimum Gasteiger partial charge on any atom is -0.497 e. The third-order valence-electron chi connectivity index (χ3n) is 2.62. The summed E-state index contributed by atoms with van der Waals surface area (Å²) in [6.07, 6.45) is 0. The van der Waals surface area contributed by atoms with E-state index in [1.807, 2.05) is 19.2 Å². The van der Waals surface area contributed by atoms with E-state index in [4.69, 9.17) is 9.47 Å². The van der Waals surface area contributed by atoms with Gasteiger partial charge in [-0.3, -0.25) is 0 Å². The van der Waals surface area contributed by atoms with Crippen LogP contribution >= 0.6 is 0 Å². The Bertz CT molecular complexity index is 325. The minimum atomic E-state index is 0.310. The van der Waals surface area contributed by atoms with Gasteiger partial charge in [-0.05, 0) is 30.3 Å². The first-order valence-corrected chi connectivity index (χ1v) is 4.77. The van der Waals surface area contributed by atoms with E-state index >= 15 is 0 Å². The number of hydrogen-bond donors (Lipinski definition) is 1. The topological polar surface area (TPSA) is 30.5 Å². The standard InChI is InChI=1S/C11H15NO2/c1-12-11-7-14-6-8-5-9(13-2)3-4-10(8)11/h3-5,11-12H,6-7H2,1-2H3. The van der Waals surface area contributed by atoms with Crippen LogP contribution in [0.3, 0.4) is 0 Å². The van der Waals surface area contributed by atoms with Gasteiger partial charge in [0.05, 0.1) is 26.4 Å². The van der Waals surface area contributed by atoms with Gasteiger partial charge in [-0.2, -0.15) is 0 Å². The second-order valence-electron chi connectivity index (χ2n) is 3.42. The van der Waals surface area contributed by atoms with E-state index in [-0.39, 0.29) is 0 Å². The molecule has 1 aromatic carbocycles. The third-order valence-corrected chi connectivity index (χ3v) is 2.62. The normalized spacial score (nSPS) is 20.3. The molecule has 1 aliphatic heterocycles. The Morgan fingerprint density at radius 3 is 3.07 bits per heavy atom. The Labute approximate surface area is 84.0 Å². The zero-order valence-electron chi connectivity index (χ0n) is 8.54. The molecule has 2 rings (SSSR count). The molecule has 14 heavy (non-hydrogen) atoms. The van der Waals surface area contributed by atoms with Crippen LogP contribution in [0.5, 0.6) is 5.75 Å². The van der Waals surface area contributed by atoms with E-state index in [1.165, 1.54) is 11.1 Å². The maximum absolute atomic E-state index is 5.48. The summed E-state index contributed by atoms with van der Waals surface area (Å²) in [6.45, 7) is 1.43. The average Bonchev–Trinajstić information content (AvgIpc) is 2.27. The second kappa shape index (κ2) is 3.98. The quantitative estimate of drug-likeness (QED) is 0.771. The van der Waals surface area contributed by atoms with Crippen LogP contribution in [-0.4, -0.2) is 20.8 Å². The molecule has 0 aliphatic carbocycles. The lowest BCUT2D eigenvalue weighted by atomic mass is 9.99. The summed E-state index contributed by atoms with van der Waals surface area (Å²) >= 11 is 0. The molecule has 3 nitrogen and oxygen atoms in total. The van der Waals surface area contributed by atoms with Gasteiger partial charge in [-0.1, -0.05) is 6.07 Å². The molecule has 1 atom stereocenters. The van der Waals surface area contributed by atoms with Gasteiger partial charge in [-0.25, -0.2) is 0 Å². The fourth-order valence-electron chi connectivity index (χ4n) is 1.79. The minimum absolute atomic E-state index is 0.310. The predicted octanol–water partition coefficient (Wildman–Crippen LogP) is 1.49. The van der Waals surface area contributed by atoms with Crippen LogP contribution in [0.25, 0.3) is 0 Å². The summed E-state index contributed by atoms with van der Waals surface area (Å²) in [5, 5.41) is 3.23. The van der Waals surface area contributed by atoms with Crippen molar-refractivity contribution in [2.24, 2.45) is 0 Å². The number of likely N-dealkylation sites (N-methyl/N-ethyl adjacent to an activating group) is 1. The van der Waals surface area contributed by atoms with Crippen molar-refractivity contribution in [3.05, 3.63) is 29.3 Å². The van der Waals surface area contributed by atoms with Gasteiger partial charge in [0.1, 0.15) is 5.75 Å². The Morgan fingerprint density at radius 1 is 1.50 bits per heavy atom. The lowest BCUT2D eigenvalue weighted by Crippen LogP contribution is -2.26. The molecule has 0 aromatic heterocycles. The molecule has 0 amide bonds. The van der Waals surface area contributed by atoms with Crippen LogP contribution in [0, 0.1) is 0 Å². The Balaban J connectivity index is 2.35. The molecular formula is C11H15NO2. The van der Waals surface area contributed by atoms with Crippen LogP contribution < -0.4 is 10.1 Å². The molecular weight excluding hydrogens is 178 g/mol. The molecule has 0 spiro atoms. The van der Waals surface area contributed by atoms with Crippen LogP contribution in [-0.2, 0) is 11.3 Å². The molecule has 0 saturated carbocycles. The lowest BCUT2D eigenvalue weighted by molar-refractivity contribution is 0.0842. The van der Waals surface area contributed by atoms with Gasteiger partial charge in [0.25, 0.3) is 0 Å². The summed E-state index contributed by atoms with van der Waals surface area (Å²) in [7, 11) is 3.63. The zero-order valence-corrected chi connectivity index (χ0v) is 8.54. The predicted molar refractivity (Wildman–Crippen MR) is 54.5 cm³/mol. The van der Waals surface area contributed by atoms with E-state index in [0.29, 0.717) is 12.6 Å². The van der Waals surface area contributed by atoms with Gasteiger partial charge >= 0.3 is 0 Å². The zero-order chi connectivity index (χ0) is 9.97. The number of benzene rings is 1. The molecule has 0 fully saturated rings. The van der Waals surface area contributed by atoms with Gasteiger partial charge < -0.3 is 14.8 Å². The highest BCUT2D eigenvalue weighted by Crippen LogP contribution is 2.27. The van der Waals surface area contributed by atoms with Crippen LogP contribution in [0.15, 0.2) is 18.2 Å². The van der Waals surface area contributed by atoms with E-state index in [2.05, 4.69) is 11.4 Å². The summed E-state index contributed by atoms with van der Waals surface area (Å²) in [5.41, 5.74) is 2.54. The summed E-state index contributed by atoms with van der Waals surface area (Å²) in [6, 6.07) is 6.45. The van der Waals surface area contributed by atoms with Crippen molar-refractivity contribution in [2.45, 2.75) is 12.6 Å². The molecule has 0 saturated heterocycles. The molecule has 1 unspecified atom stereocenters. The maximum Gasteiger partial charge on any atom is 0.119 e. The Kier molecular flexibility index (Phi) is 2.70. The fraction of sp³-hybridized carbons (Fsp3) is 0.455. The van der Waals surface area contributed by atoms with Crippen LogP contribution in [0.4, 0.5) is 0 Å². The molecule has 1 aromatic rings. The molecule has 76 valence electrons. The smallest absolute Gasteiger partial charge is 0.119 e. The first-order valence-electron chi connectivity index (χ1n) is 4.77. The lowest BCUT2D eigenvalue weighted by Gasteiger charge is -2.25. The van der Waals surface area contributed by atoms with Crippen molar-refractivity contribution in [1.82, 2.24) is 5.32 Å². The number of nitrogens with one attached hydrogen (secondary N) is 1. The number of ether oxygens (including phenoxy) is 2. The molecule has 0 radical (unpaired) electrons. The van der Waals surface area contributed by atoms with E-state index in [9.17, 15) is 0 Å². The van der Waals surface area contributed by atoms with Crippen molar-refractivity contribution in [1.29, 1.82) is 0 Å². The first-order chi connectivity index (χ1) is 6.85. The van der Waals surface area contributed by atoms with E-state index < -0.39 is 0 Å². The molecule has 0 bridgehead atoms. The van der Waals surface area contributed by atoms with Gasteiger partial charge in [0.2, 0.25) is 0 Å². The van der Waals surface area contributed by atoms with Crippen LogP contribution in [0.1, 0.15) is 17.2 Å². The first kappa shape index (κ1) is 9.49. The monoisotopic (exact) mass is 193 g/mol. The third kappa shape index (κ3) is 1.61. The Hall–Kier alpha value is -1.06. The van der Waals surface area contributed by atoms with E-state index in [0.717, 1.165) is 12.4 Å². The second-order valence-corrected chi connectivity index (χ2v) is 3.42. The molecule has 3 heteroatoms. The van der Waals surface area contributed by atoms with Crippen molar-refractivity contribution in [3.63, 3.8) is 0 Å². The Morgan fingerprint density at radius 2 is 2.36 bits per heavy atom. The number of hydrogen-bond acceptors (Lipinski definition) is 3. The summed E-state index contributed by atoms with van der Waals surface area (Å²) in [5.74, 6) is 0.893. The van der Waals surface area contributed by atoms with Crippen molar-refractivity contribution < 1.29 is 9.47 Å². The van der Waals surface area contributed by atoms with Crippen molar-refractivity contribution >= 4 is 0 Å². The molecule has 1 N–H and O–H groups in total. The highest BCUT2D eigenvalue weighted by molar-refractivity contribution is 5.38. The van der Waals surface area contributed by atoms with Gasteiger partial charge in [0, 0.05) is 0 Å². The molecule has 1 heterocycles. The SMILES string of the molecule is CNC1COCc2cc(OC)ccc21. The van der Waals surface area contributed by atoms with E-state index in [1.54, 1.807) is 7.11 Å². The van der Waals surface area contributed by atoms with Crippen molar-refractivity contribution in [3.8, 4) is 5.75 Å². The van der Waals surface area contributed by atoms with Crippen LogP contribution in [0.2, 0.25) is 0 Å². The van der Waals surface area contributed by atoms with Gasteiger partial charge in [0.15, 0.2) is 0 Å². The van der Waals surface area contributed by atoms with Crippen molar-refractivity contribution in [2.75, 3.05) is 20.8 Å². The average molecular weight is 193 g/mol. The number of methoxy groups -OCH3 is 1.